The molecule has 4 saturated heterocycles. The Bertz CT molecular complexity index is 5390. The molecule has 0 aliphatic carbocycles. The average Bonchev–Trinajstić information content (AvgIpc) is 0.888. The highest BCUT2D eigenvalue weighted by Gasteiger charge is 2.26. The topological polar surface area (TPSA) is 360 Å². The first-order chi connectivity index (χ1) is 54.7. The predicted molar refractivity (Wildman–Crippen MR) is 439 cm³/mol. The Morgan fingerprint density at radius 3 is 1.12 bits per heavy atom. The molecule has 8 aromatic carbocycles. The largest absolute Gasteiger partial charge is 0.507 e. The highest BCUT2D eigenvalue weighted by atomic mass is 16.5. The van der Waals surface area contributed by atoms with Crippen LogP contribution in [0.15, 0.2) is 156 Å². The zero-order chi connectivity index (χ0) is 77.6. The van der Waals surface area contributed by atoms with Gasteiger partial charge in [0.15, 0.2) is 46.3 Å². The van der Waals surface area contributed by atoms with Crippen LogP contribution in [0.25, 0.3) is 89.2 Å². The van der Waals surface area contributed by atoms with Crippen molar-refractivity contribution in [3.8, 4) is 97.3 Å². The van der Waals surface area contributed by atoms with Crippen LogP contribution >= 0.6 is 0 Å². The molecular formula is C84H92N18O10. The van der Waals surface area contributed by atoms with Crippen molar-refractivity contribution in [1.29, 1.82) is 0 Å². The summed E-state index contributed by atoms with van der Waals surface area (Å²) in [5, 5.41) is 80.3. The third kappa shape index (κ3) is 17.9. The smallest absolute Gasteiger partial charge is 0.165 e. The Labute approximate surface area is 648 Å². The fraction of sp³-hybridized carbons (Fsp3) is 0.310. The summed E-state index contributed by atoms with van der Waals surface area (Å²) in [5.74, 6) is 8.75. The van der Waals surface area contributed by atoms with Crippen molar-refractivity contribution in [2.75, 3.05) is 122 Å². The number of nitrogens with zero attached hydrogens (tertiary/aromatic N) is 10. The van der Waals surface area contributed by atoms with E-state index in [1.54, 1.807) is 78.0 Å². The Hall–Kier alpha value is -12.3. The van der Waals surface area contributed by atoms with Crippen LogP contribution in [0.4, 0.5) is 23.3 Å². The molecule has 112 heavy (non-hydrogen) atoms. The minimum absolute atomic E-state index is 0.0561. The summed E-state index contributed by atoms with van der Waals surface area (Å²) in [6, 6.07) is 45.7. The summed E-state index contributed by atoms with van der Waals surface area (Å²) >= 11 is 0. The van der Waals surface area contributed by atoms with Gasteiger partial charge in [0.05, 0.1) is 85.3 Å². The van der Waals surface area contributed by atoms with Crippen LogP contribution in [0.1, 0.15) is 48.3 Å². The van der Waals surface area contributed by atoms with Gasteiger partial charge in [0.1, 0.15) is 58.6 Å². The lowest BCUT2D eigenvalue weighted by Crippen LogP contribution is -2.23. The molecule has 0 spiro atoms. The van der Waals surface area contributed by atoms with Crippen LogP contribution in [0.2, 0.25) is 0 Å². The third-order valence-corrected chi connectivity index (χ3v) is 19.9. The van der Waals surface area contributed by atoms with Gasteiger partial charge >= 0.3 is 0 Å². The lowest BCUT2D eigenvalue weighted by atomic mass is 10.00. The lowest BCUT2D eigenvalue weighted by molar-refractivity contribution is 0.146. The monoisotopic (exact) mass is 1510 g/mol. The molecule has 578 valence electrons. The molecule has 0 radical (unpaired) electrons. The number of anilines is 4. The van der Waals surface area contributed by atoms with E-state index in [1.165, 1.54) is 0 Å². The molecule has 0 amide bonds. The number of nitrogens with one attached hydrogen (secondary N) is 8. The number of fused-ring (bicyclic) bond motifs is 4. The second-order valence-corrected chi connectivity index (χ2v) is 27.8. The summed E-state index contributed by atoms with van der Waals surface area (Å²) in [6.07, 6.45) is 7.76. The Kier molecular flexibility index (Phi) is 24.3. The summed E-state index contributed by atoms with van der Waals surface area (Å²) < 4.78 is 32.5. The van der Waals surface area contributed by atoms with E-state index in [2.05, 4.69) is 75.9 Å². The minimum Gasteiger partial charge on any atom is -0.507 e. The number of hydrogen-bond acceptors (Lipinski definition) is 28. The Morgan fingerprint density at radius 2 is 0.732 bits per heavy atom. The second kappa shape index (κ2) is 35.6. The summed E-state index contributed by atoms with van der Waals surface area (Å²) in [7, 11) is 8.05. The molecule has 5 aliphatic rings. The van der Waals surface area contributed by atoms with E-state index in [4.69, 9.17) is 63.3 Å². The molecule has 0 unspecified atom stereocenters. The molecule has 28 nitrogen and oxygen atoms in total. The van der Waals surface area contributed by atoms with E-state index < -0.39 is 0 Å². The number of aromatic nitrogens is 8. The molecule has 12 aromatic rings. The first-order valence-corrected chi connectivity index (χ1v) is 37.4. The van der Waals surface area contributed by atoms with Gasteiger partial charge in [0.25, 0.3) is 0 Å². The van der Waals surface area contributed by atoms with Crippen LogP contribution in [-0.2, 0) is 4.74 Å². The summed E-state index contributed by atoms with van der Waals surface area (Å²) in [4.78, 5) is 37.9. The van der Waals surface area contributed by atoms with E-state index >= 15 is 0 Å². The lowest BCUT2D eigenvalue weighted by Gasteiger charge is -2.17. The number of aromatic hydroxyl groups is 4. The van der Waals surface area contributed by atoms with Crippen molar-refractivity contribution in [3.63, 3.8) is 0 Å². The predicted octanol–water partition coefficient (Wildman–Crippen LogP) is 11.9. The standard InChI is InChI=1S/C22H22N6O.2C21H24N4O3.C20H22N4O3/c1-13-2-5-20(29)18(8-13)22-27-19-9-14(15-10-24-25-11-15)3-4-17(19)21(28-22)26-16-6-7-23-12-16;1-12-4-5-17(26)15(8-12)21-24-16-10-19(28-3)18(27-2)9-14(16)20(25-21)23-13-6-7-22-11-13;1-27-10-11-28-15-6-7-16-18(12-15)24-21(17-4-2-3-5-19(17)26)25-20(16)23-14-8-9-22-13-14;1-26-17-9-14-15(10-18(17)27-2)23-19(13-5-3-4-6-16(13)25)24-20(14)22-12-7-8-21-11-12/h2-5,8-11,15-16,23,29H,6-7,12H2,1H3,(H,26,27,28);4-5,8-10,13,22,26H,6-7,11H2,1-3H3,(H,23,24,25);2-7,12,14,22,26H,8-11,13H2,1H3,(H,23,24,25);3-6,9-10,12,21,25H,7-8,11H2,1-2H3,(H,22,23,24)/t16-;13-;14-;12-/m0000/s1. The molecule has 9 heterocycles. The summed E-state index contributed by atoms with van der Waals surface area (Å²) in [6.45, 7) is 12.5. The molecule has 0 bridgehead atoms. The number of phenolic OH excluding ortho intramolecular Hbond substituents is 4. The first kappa shape index (κ1) is 76.4. The van der Waals surface area contributed by atoms with E-state index in [0.717, 1.165) is 156 Å². The van der Waals surface area contributed by atoms with Gasteiger partial charge in [-0.1, -0.05) is 53.6 Å². The molecule has 4 fully saturated rings. The third-order valence-electron chi connectivity index (χ3n) is 19.9. The van der Waals surface area contributed by atoms with Gasteiger partial charge in [-0.2, -0.15) is 10.2 Å². The van der Waals surface area contributed by atoms with Crippen molar-refractivity contribution in [2.45, 2.75) is 69.6 Å². The van der Waals surface area contributed by atoms with Gasteiger partial charge in [-0.05, 0) is 156 Å². The second-order valence-electron chi connectivity index (χ2n) is 27.8. The minimum atomic E-state index is 0.0561. The zero-order valence-corrected chi connectivity index (χ0v) is 63.5. The Balaban J connectivity index is 0.000000124. The number of rotatable bonds is 21. The highest BCUT2D eigenvalue weighted by molar-refractivity contribution is 5.98. The van der Waals surface area contributed by atoms with E-state index in [0.29, 0.717) is 105 Å². The maximum absolute atomic E-state index is 10.4. The van der Waals surface area contributed by atoms with Gasteiger partial charge < -0.3 is 91.4 Å². The maximum Gasteiger partial charge on any atom is 0.165 e. The van der Waals surface area contributed by atoms with Crippen molar-refractivity contribution in [3.05, 3.63) is 162 Å². The van der Waals surface area contributed by atoms with Gasteiger partial charge in [-0.25, -0.2) is 39.9 Å². The molecule has 12 N–H and O–H groups in total. The number of methoxy groups -OCH3 is 5. The van der Waals surface area contributed by atoms with E-state index in [1.807, 2.05) is 111 Å². The van der Waals surface area contributed by atoms with Crippen LogP contribution in [-0.4, -0.2) is 198 Å². The fourth-order valence-corrected chi connectivity index (χ4v) is 13.9. The van der Waals surface area contributed by atoms with E-state index in [9.17, 15) is 20.4 Å². The first-order valence-electron chi connectivity index (χ1n) is 37.4. The van der Waals surface area contributed by atoms with Crippen molar-refractivity contribution in [2.24, 2.45) is 10.2 Å². The van der Waals surface area contributed by atoms with Gasteiger partial charge in [-0.3, -0.25) is 0 Å². The molecule has 17 rings (SSSR count). The number of aryl methyl sites for hydroxylation is 2. The quantitative estimate of drug-likeness (QED) is 0.0297. The number of para-hydroxylation sites is 2. The van der Waals surface area contributed by atoms with Crippen molar-refractivity contribution >= 4 is 79.3 Å². The van der Waals surface area contributed by atoms with Gasteiger partial charge in [0.2, 0.25) is 0 Å². The molecule has 0 saturated carbocycles. The van der Waals surface area contributed by atoms with Crippen molar-refractivity contribution < 1.29 is 48.8 Å². The summed E-state index contributed by atoms with van der Waals surface area (Å²) in [5.41, 5.74) is 8.59. The number of phenols is 4. The molecule has 4 aromatic heterocycles. The van der Waals surface area contributed by atoms with Crippen molar-refractivity contribution in [1.82, 2.24) is 61.1 Å². The van der Waals surface area contributed by atoms with Gasteiger partial charge in [-0.15, -0.1) is 0 Å². The number of benzene rings is 8. The average molecular weight is 1510 g/mol. The Morgan fingerprint density at radius 1 is 0.366 bits per heavy atom. The number of hydrogen-bond donors (Lipinski definition) is 12. The normalized spacial score (nSPS) is 17.0. The number of ether oxygens (including phenoxy) is 6. The SMILES string of the molecule is COCCOc1ccc2c(N[C@H]3CCNC3)nc(-c3ccccc3O)nc2c1.COc1cc2nc(-c3cc(C)ccc3O)nc(N[C@H]3CCNC3)c2cc1OC.COc1cc2nc(-c3ccccc3O)nc(N[C@H]3CCNC3)c2cc1OC.Cc1ccc(O)c(-c2nc(N[C@H]3CCNC3)c3ccc(C4C=NN=C4)cc3n2)c1. The molecular weight excluding hydrogens is 1420 g/mol. The van der Waals surface area contributed by atoms with E-state index in [-0.39, 0.29) is 41.0 Å². The highest BCUT2D eigenvalue weighted by Crippen LogP contribution is 2.41. The van der Waals surface area contributed by atoms with Crippen LogP contribution in [0.5, 0.6) is 51.7 Å². The molecule has 28 heteroatoms. The van der Waals surface area contributed by atoms with Crippen LogP contribution in [0.3, 0.4) is 0 Å². The fourth-order valence-electron chi connectivity index (χ4n) is 13.9. The van der Waals surface area contributed by atoms with Gasteiger partial charge in [0, 0.05) is 110 Å². The maximum atomic E-state index is 10.4. The van der Waals surface area contributed by atoms with Crippen LogP contribution < -0.4 is 66.2 Å². The molecule has 4 atom stereocenters. The molecule has 5 aliphatic heterocycles. The zero-order valence-electron chi connectivity index (χ0n) is 63.5. The van der Waals surface area contributed by atoms with Crippen LogP contribution in [0, 0.1) is 13.8 Å².